The summed E-state index contributed by atoms with van der Waals surface area (Å²) in [5.41, 5.74) is 2.13. The molecule has 1 aliphatic carbocycles. The second-order valence-electron chi connectivity index (χ2n) is 8.03. The van der Waals surface area contributed by atoms with Gasteiger partial charge in [-0.05, 0) is 36.5 Å². The number of rotatable bonds is 3. The van der Waals surface area contributed by atoms with Crippen LogP contribution in [0.5, 0.6) is 0 Å². The zero-order valence-electron chi connectivity index (χ0n) is 15.5. The summed E-state index contributed by atoms with van der Waals surface area (Å²) in [7, 11) is 0. The maximum absolute atomic E-state index is 5.93. The summed E-state index contributed by atoms with van der Waals surface area (Å²) in [5, 5.41) is 8.85. The molecule has 1 aromatic rings. The lowest BCUT2D eigenvalue weighted by Crippen LogP contribution is -2.50. The predicted molar refractivity (Wildman–Crippen MR) is 109 cm³/mol. The molecule has 1 N–H and O–H groups in total. The van der Waals surface area contributed by atoms with Crippen molar-refractivity contribution in [1.82, 2.24) is 10.2 Å². The van der Waals surface area contributed by atoms with E-state index >= 15 is 0 Å². The van der Waals surface area contributed by atoms with Crippen molar-refractivity contribution in [2.75, 3.05) is 19.6 Å². The second kappa shape index (κ2) is 7.95. The summed E-state index contributed by atoms with van der Waals surface area (Å²) >= 11 is 5.65. The Hall–Kier alpha value is -1.62. The topological polar surface area (TPSA) is 36.9 Å². The van der Waals surface area contributed by atoms with Crippen LogP contribution in [0.25, 0.3) is 0 Å². The lowest BCUT2D eigenvalue weighted by molar-refractivity contribution is -0.0524. The Balaban J connectivity index is 1.25. The zero-order chi connectivity index (χ0) is 17.8. The highest BCUT2D eigenvalue weighted by Gasteiger charge is 2.42. The molecule has 26 heavy (non-hydrogen) atoms. The van der Waals surface area contributed by atoms with Gasteiger partial charge in [-0.15, -0.1) is 0 Å². The van der Waals surface area contributed by atoms with E-state index in [2.05, 4.69) is 39.6 Å². The Morgan fingerprint density at radius 2 is 1.88 bits per heavy atom. The van der Waals surface area contributed by atoms with Gasteiger partial charge in [0.05, 0.1) is 5.71 Å². The van der Waals surface area contributed by atoms with Crippen LogP contribution in [0.4, 0.5) is 0 Å². The summed E-state index contributed by atoms with van der Waals surface area (Å²) < 4.78 is 0. The van der Waals surface area contributed by atoms with Gasteiger partial charge in [0.2, 0.25) is 0 Å². The van der Waals surface area contributed by atoms with Crippen LogP contribution in [0.2, 0.25) is 0 Å². The molecule has 1 spiro atoms. The third kappa shape index (κ3) is 4.03. The molecule has 2 heterocycles. The van der Waals surface area contributed by atoms with E-state index in [1.807, 2.05) is 6.07 Å². The Kier molecular flexibility index (Phi) is 5.44. The number of nitrogens with zero attached hydrogens (tertiary/aromatic N) is 2. The van der Waals surface area contributed by atoms with E-state index in [1.54, 1.807) is 0 Å². The third-order valence-electron chi connectivity index (χ3n) is 6.17. The SMILES string of the molecule is S=C(NCC1CCCCC1)N1CCC2(CC1)CC(c1ccccc1)=NO2. The fourth-order valence-electron chi connectivity index (χ4n) is 4.43. The molecule has 0 radical (unpaired) electrons. The zero-order valence-corrected chi connectivity index (χ0v) is 16.3. The molecule has 2 fully saturated rings. The van der Waals surface area contributed by atoms with E-state index in [-0.39, 0.29) is 5.60 Å². The summed E-state index contributed by atoms with van der Waals surface area (Å²) in [6.45, 7) is 2.94. The minimum Gasteiger partial charge on any atom is -0.388 e. The van der Waals surface area contributed by atoms with Crippen molar-refractivity contribution < 1.29 is 4.84 Å². The van der Waals surface area contributed by atoms with Gasteiger partial charge < -0.3 is 15.1 Å². The van der Waals surface area contributed by atoms with Crippen molar-refractivity contribution in [2.24, 2.45) is 11.1 Å². The molecule has 1 saturated heterocycles. The highest BCUT2D eigenvalue weighted by molar-refractivity contribution is 7.80. The fourth-order valence-corrected chi connectivity index (χ4v) is 4.69. The normalized spacial score (nSPS) is 22.8. The Labute approximate surface area is 162 Å². The smallest absolute Gasteiger partial charge is 0.168 e. The maximum Gasteiger partial charge on any atom is 0.168 e. The highest BCUT2D eigenvalue weighted by Crippen LogP contribution is 2.36. The lowest BCUT2D eigenvalue weighted by Gasteiger charge is -2.38. The van der Waals surface area contributed by atoms with Crippen molar-refractivity contribution in [2.45, 2.75) is 57.0 Å². The summed E-state index contributed by atoms with van der Waals surface area (Å²) in [5.74, 6) is 0.804. The van der Waals surface area contributed by atoms with Crippen molar-refractivity contribution >= 4 is 23.0 Å². The van der Waals surface area contributed by atoms with Crippen LogP contribution in [-0.2, 0) is 4.84 Å². The fraction of sp³-hybridized carbons (Fsp3) is 0.619. The molecule has 1 saturated carbocycles. The lowest BCUT2D eigenvalue weighted by atomic mass is 9.85. The van der Waals surface area contributed by atoms with Crippen LogP contribution in [0, 0.1) is 5.92 Å². The predicted octanol–water partition coefficient (Wildman–Crippen LogP) is 4.10. The number of oxime groups is 1. The number of hydrogen-bond acceptors (Lipinski definition) is 3. The first kappa shape index (κ1) is 17.8. The van der Waals surface area contributed by atoms with Crippen molar-refractivity contribution in [3.8, 4) is 0 Å². The van der Waals surface area contributed by atoms with Crippen LogP contribution >= 0.6 is 12.2 Å². The van der Waals surface area contributed by atoms with Crippen molar-refractivity contribution in [3.05, 3.63) is 35.9 Å². The molecule has 4 nitrogen and oxygen atoms in total. The molecule has 5 heteroatoms. The summed E-state index contributed by atoms with van der Waals surface area (Å²) in [4.78, 5) is 8.24. The molecular formula is C21H29N3OS. The van der Waals surface area contributed by atoms with Crippen LogP contribution in [0.3, 0.4) is 0 Å². The first-order valence-electron chi connectivity index (χ1n) is 10.1. The molecule has 0 amide bonds. The molecule has 4 rings (SSSR count). The number of piperidine rings is 1. The van der Waals surface area contributed by atoms with Crippen molar-refractivity contribution in [3.63, 3.8) is 0 Å². The Bertz CT molecular complexity index is 646. The highest BCUT2D eigenvalue weighted by atomic mass is 32.1. The first-order chi connectivity index (χ1) is 12.7. The quantitative estimate of drug-likeness (QED) is 0.812. The van der Waals surface area contributed by atoms with Crippen molar-refractivity contribution in [1.29, 1.82) is 0 Å². The molecule has 2 aliphatic heterocycles. The van der Waals surface area contributed by atoms with Crippen LogP contribution in [-0.4, -0.2) is 41.0 Å². The van der Waals surface area contributed by atoms with Gasteiger partial charge in [0.15, 0.2) is 5.11 Å². The minimum absolute atomic E-state index is 0.124. The van der Waals surface area contributed by atoms with Gasteiger partial charge in [-0.25, -0.2) is 0 Å². The average Bonchev–Trinajstić information content (AvgIpc) is 3.12. The number of hydrogen-bond donors (Lipinski definition) is 1. The molecule has 1 aromatic carbocycles. The maximum atomic E-state index is 5.93. The number of thiocarbonyl (C=S) groups is 1. The first-order valence-corrected chi connectivity index (χ1v) is 10.5. The van der Waals surface area contributed by atoms with E-state index in [0.717, 1.165) is 55.6 Å². The van der Waals surface area contributed by atoms with Gasteiger partial charge in [-0.3, -0.25) is 0 Å². The number of likely N-dealkylation sites (tertiary alicyclic amines) is 1. The van der Waals surface area contributed by atoms with Crippen LogP contribution in [0.1, 0.15) is 56.9 Å². The van der Waals surface area contributed by atoms with Gasteiger partial charge in [0.25, 0.3) is 0 Å². The van der Waals surface area contributed by atoms with E-state index in [4.69, 9.17) is 17.1 Å². The molecule has 3 aliphatic rings. The number of nitrogens with one attached hydrogen (secondary N) is 1. The molecule has 0 unspecified atom stereocenters. The van der Waals surface area contributed by atoms with Crippen LogP contribution < -0.4 is 5.32 Å². The third-order valence-corrected chi connectivity index (χ3v) is 6.58. The van der Waals surface area contributed by atoms with Crippen LogP contribution in [0.15, 0.2) is 35.5 Å². The van der Waals surface area contributed by atoms with E-state index in [0.29, 0.717) is 0 Å². The number of benzene rings is 1. The standard InChI is InChI=1S/C21H29N3OS/c26-20(22-16-17-7-3-1-4-8-17)24-13-11-21(12-14-24)15-19(23-25-21)18-9-5-2-6-10-18/h2,5-6,9-10,17H,1,3-4,7-8,11-16H2,(H,22,26). The Morgan fingerprint density at radius 3 is 2.62 bits per heavy atom. The monoisotopic (exact) mass is 371 g/mol. The minimum atomic E-state index is -0.124. The van der Waals surface area contributed by atoms with E-state index < -0.39 is 0 Å². The average molecular weight is 372 g/mol. The van der Waals surface area contributed by atoms with E-state index in [9.17, 15) is 0 Å². The van der Waals surface area contributed by atoms with Gasteiger partial charge >= 0.3 is 0 Å². The van der Waals surface area contributed by atoms with Gasteiger partial charge in [0, 0.05) is 38.9 Å². The van der Waals surface area contributed by atoms with Gasteiger partial charge in [-0.2, -0.15) is 0 Å². The molecule has 140 valence electrons. The second-order valence-corrected chi connectivity index (χ2v) is 8.42. The summed E-state index contributed by atoms with van der Waals surface area (Å²) in [6, 6.07) is 10.4. The molecule has 0 aromatic heterocycles. The largest absolute Gasteiger partial charge is 0.388 e. The Morgan fingerprint density at radius 1 is 1.15 bits per heavy atom. The van der Waals surface area contributed by atoms with E-state index in [1.165, 1.54) is 37.7 Å². The van der Waals surface area contributed by atoms with Gasteiger partial charge in [0.1, 0.15) is 5.60 Å². The molecule has 0 bridgehead atoms. The van der Waals surface area contributed by atoms with Gasteiger partial charge in [-0.1, -0.05) is 54.8 Å². The molecular weight excluding hydrogens is 342 g/mol. The molecule has 0 atom stereocenters. The summed E-state index contributed by atoms with van der Waals surface area (Å²) in [6.07, 6.45) is 9.75.